The van der Waals surface area contributed by atoms with Crippen LogP contribution in [0.25, 0.3) is 89.8 Å². The maximum atomic E-state index is 5.24. The van der Waals surface area contributed by atoms with E-state index < -0.39 is 0 Å². The van der Waals surface area contributed by atoms with Gasteiger partial charge < -0.3 is 0 Å². The van der Waals surface area contributed by atoms with Crippen LogP contribution in [0.4, 0.5) is 0 Å². The lowest BCUT2D eigenvalue weighted by Gasteiger charge is -2.15. The zero-order valence-corrected chi connectivity index (χ0v) is 29.5. The van der Waals surface area contributed by atoms with Crippen molar-refractivity contribution in [3.63, 3.8) is 0 Å². The minimum atomic E-state index is 0.621. The predicted molar refractivity (Wildman–Crippen MR) is 223 cm³/mol. The number of hydrogen-bond donors (Lipinski definition) is 0. The van der Waals surface area contributed by atoms with Crippen molar-refractivity contribution < 1.29 is 0 Å². The third-order valence-electron chi connectivity index (χ3n) is 9.74. The molecule has 8 aromatic carbocycles. The lowest BCUT2D eigenvalue weighted by atomic mass is 9.91. The van der Waals surface area contributed by atoms with E-state index >= 15 is 0 Å². The second-order valence-electron chi connectivity index (χ2n) is 13.2. The second kappa shape index (κ2) is 14.8. The molecule has 1 heterocycles. The molecule has 9 rings (SSSR count). The predicted octanol–water partition coefficient (Wildman–Crippen LogP) is 13.2. The van der Waals surface area contributed by atoms with Crippen molar-refractivity contribution in [1.82, 2.24) is 15.0 Å². The minimum absolute atomic E-state index is 0.621. The van der Waals surface area contributed by atoms with Crippen LogP contribution in [0.3, 0.4) is 0 Å². The first-order chi connectivity index (χ1) is 26.8. The molecule has 0 unspecified atom stereocenters. The molecule has 254 valence electrons. The van der Waals surface area contributed by atoms with Crippen molar-refractivity contribution in [1.29, 1.82) is 0 Å². The highest BCUT2D eigenvalue weighted by Crippen LogP contribution is 2.38. The summed E-state index contributed by atoms with van der Waals surface area (Å²) >= 11 is 0. The highest BCUT2D eigenvalue weighted by molar-refractivity contribution is 5.88. The average Bonchev–Trinajstić information content (AvgIpc) is 3.27. The Bertz CT molecular complexity index is 2630. The van der Waals surface area contributed by atoms with E-state index in [9.17, 15) is 0 Å². The Morgan fingerprint density at radius 2 is 0.519 bits per heavy atom. The Kier molecular flexibility index (Phi) is 8.94. The van der Waals surface area contributed by atoms with Crippen LogP contribution in [0, 0.1) is 0 Å². The van der Waals surface area contributed by atoms with Gasteiger partial charge in [-0.3, -0.25) is 0 Å². The number of rotatable bonds is 8. The first kappa shape index (κ1) is 32.7. The van der Waals surface area contributed by atoms with Gasteiger partial charge in [0.2, 0.25) is 0 Å². The highest BCUT2D eigenvalue weighted by Gasteiger charge is 2.18. The summed E-state index contributed by atoms with van der Waals surface area (Å²) in [4.78, 5) is 15.5. The number of aromatic nitrogens is 3. The molecule has 0 aliphatic rings. The third kappa shape index (κ3) is 6.74. The van der Waals surface area contributed by atoms with Gasteiger partial charge in [0.15, 0.2) is 17.5 Å². The largest absolute Gasteiger partial charge is 0.208 e. The molecule has 0 atom stereocenters. The summed E-state index contributed by atoms with van der Waals surface area (Å²) in [5.74, 6) is 1.87. The summed E-state index contributed by atoms with van der Waals surface area (Å²) in [7, 11) is 0. The lowest BCUT2D eigenvalue weighted by Crippen LogP contribution is -2.01. The topological polar surface area (TPSA) is 38.7 Å². The van der Waals surface area contributed by atoms with Gasteiger partial charge in [0, 0.05) is 16.7 Å². The van der Waals surface area contributed by atoms with Crippen LogP contribution in [0.1, 0.15) is 0 Å². The summed E-state index contributed by atoms with van der Waals surface area (Å²) in [5, 5.41) is 0. The molecule has 0 aliphatic heterocycles. The van der Waals surface area contributed by atoms with E-state index in [0.717, 1.165) is 61.2 Å². The fraction of sp³-hybridized carbons (Fsp3) is 0. The standard InChI is InChI=1S/C51H35N3/c1-5-18-36(19-6-1)42-33-43(37-20-7-2-8-21-37)35-44(34-42)47-30-15-16-31-48(47)51-53-49(39-24-11-4-12-25-39)52-50(54-51)41-27-17-26-40(32-41)46-29-14-13-28-45(46)38-22-9-3-10-23-38/h1-35H. The smallest absolute Gasteiger partial charge is 0.164 e. The SMILES string of the molecule is c1ccc(-c2cc(-c3ccccc3)cc(-c3ccccc3-c3nc(-c4ccccc4)nc(-c4cccc(-c5ccccc5-c5ccccc5)c4)n3)c2)cc1. The van der Waals surface area contributed by atoms with Gasteiger partial charge in [-0.25, -0.2) is 15.0 Å². The van der Waals surface area contributed by atoms with Gasteiger partial charge in [-0.05, 0) is 79.9 Å². The van der Waals surface area contributed by atoms with Crippen LogP contribution in [-0.2, 0) is 0 Å². The van der Waals surface area contributed by atoms with Crippen LogP contribution < -0.4 is 0 Å². The van der Waals surface area contributed by atoms with Crippen LogP contribution in [-0.4, -0.2) is 15.0 Å². The molecule has 3 nitrogen and oxygen atoms in total. The number of hydrogen-bond acceptors (Lipinski definition) is 3. The Morgan fingerprint density at radius 1 is 0.185 bits per heavy atom. The zero-order valence-electron chi connectivity index (χ0n) is 29.5. The molecule has 0 saturated heterocycles. The van der Waals surface area contributed by atoms with E-state index in [4.69, 9.17) is 15.0 Å². The van der Waals surface area contributed by atoms with Crippen molar-refractivity contribution in [3.8, 4) is 89.8 Å². The van der Waals surface area contributed by atoms with Crippen molar-refractivity contribution >= 4 is 0 Å². The van der Waals surface area contributed by atoms with Crippen LogP contribution in [0.2, 0.25) is 0 Å². The fourth-order valence-electron chi connectivity index (χ4n) is 7.08. The Morgan fingerprint density at radius 3 is 1.07 bits per heavy atom. The fourth-order valence-corrected chi connectivity index (χ4v) is 7.08. The highest BCUT2D eigenvalue weighted by atomic mass is 15.0. The summed E-state index contributed by atoms with van der Waals surface area (Å²) in [5.41, 5.74) is 14.2. The lowest BCUT2D eigenvalue weighted by molar-refractivity contribution is 1.07. The average molecular weight is 690 g/mol. The second-order valence-corrected chi connectivity index (χ2v) is 13.2. The molecule has 1 aromatic heterocycles. The minimum Gasteiger partial charge on any atom is -0.208 e. The molecule has 54 heavy (non-hydrogen) atoms. The molecule has 0 N–H and O–H groups in total. The molecule has 0 saturated carbocycles. The first-order valence-corrected chi connectivity index (χ1v) is 18.2. The van der Waals surface area contributed by atoms with E-state index in [0.29, 0.717) is 17.5 Å². The van der Waals surface area contributed by atoms with Gasteiger partial charge in [-0.1, -0.05) is 188 Å². The quantitative estimate of drug-likeness (QED) is 0.159. The Hall–Kier alpha value is -7.23. The maximum absolute atomic E-state index is 5.24. The van der Waals surface area contributed by atoms with E-state index in [2.05, 4.69) is 194 Å². The van der Waals surface area contributed by atoms with Crippen LogP contribution in [0.15, 0.2) is 212 Å². The Labute approximate surface area is 316 Å². The summed E-state index contributed by atoms with van der Waals surface area (Å²) < 4.78 is 0. The van der Waals surface area contributed by atoms with Gasteiger partial charge in [0.05, 0.1) is 0 Å². The molecule has 0 aliphatic carbocycles. The Balaban J connectivity index is 1.21. The molecule has 0 fully saturated rings. The maximum Gasteiger partial charge on any atom is 0.164 e. The van der Waals surface area contributed by atoms with Gasteiger partial charge in [0.1, 0.15) is 0 Å². The molecule has 0 amide bonds. The van der Waals surface area contributed by atoms with Gasteiger partial charge in [-0.2, -0.15) is 0 Å². The number of benzene rings is 8. The van der Waals surface area contributed by atoms with Gasteiger partial charge in [-0.15, -0.1) is 0 Å². The molecule has 0 bridgehead atoms. The van der Waals surface area contributed by atoms with Crippen LogP contribution in [0.5, 0.6) is 0 Å². The molecule has 9 aromatic rings. The van der Waals surface area contributed by atoms with Gasteiger partial charge in [0.25, 0.3) is 0 Å². The van der Waals surface area contributed by atoms with E-state index in [1.54, 1.807) is 0 Å². The third-order valence-corrected chi connectivity index (χ3v) is 9.74. The zero-order chi connectivity index (χ0) is 36.1. The molecule has 0 spiro atoms. The summed E-state index contributed by atoms with van der Waals surface area (Å²) in [6.07, 6.45) is 0. The van der Waals surface area contributed by atoms with Crippen molar-refractivity contribution in [2.75, 3.05) is 0 Å². The normalized spacial score (nSPS) is 11.0. The first-order valence-electron chi connectivity index (χ1n) is 18.2. The van der Waals surface area contributed by atoms with Crippen molar-refractivity contribution in [2.45, 2.75) is 0 Å². The van der Waals surface area contributed by atoms with Crippen molar-refractivity contribution in [3.05, 3.63) is 212 Å². The molecule has 3 heteroatoms. The summed E-state index contributed by atoms with van der Waals surface area (Å²) in [6.45, 7) is 0. The molecule has 0 radical (unpaired) electrons. The van der Waals surface area contributed by atoms with Crippen LogP contribution >= 0.6 is 0 Å². The summed E-state index contributed by atoms with van der Waals surface area (Å²) in [6, 6.07) is 74.1. The van der Waals surface area contributed by atoms with Gasteiger partial charge >= 0.3 is 0 Å². The molecular formula is C51H35N3. The van der Waals surface area contributed by atoms with E-state index in [-0.39, 0.29) is 0 Å². The van der Waals surface area contributed by atoms with Crippen molar-refractivity contribution in [2.24, 2.45) is 0 Å². The number of nitrogens with zero attached hydrogens (tertiary/aromatic N) is 3. The monoisotopic (exact) mass is 689 g/mol. The molecular weight excluding hydrogens is 655 g/mol. The van der Waals surface area contributed by atoms with E-state index in [1.165, 1.54) is 11.1 Å². The van der Waals surface area contributed by atoms with E-state index in [1.807, 2.05) is 18.2 Å².